The van der Waals surface area contributed by atoms with Gasteiger partial charge in [-0.05, 0) is 60.7 Å². The van der Waals surface area contributed by atoms with Crippen LogP contribution in [0.25, 0.3) is 11.3 Å². The van der Waals surface area contributed by atoms with E-state index in [1.807, 2.05) is 23.1 Å². The predicted octanol–water partition coefficient (Wildman–Crippen LogP) is 5.79. The lowest BCUT2D eigenvalue weighted by molar-refractivity contribution is 0.0358. The molecule has 0 spiro atoms. The highest BCUT2D eigenvalue weighted by atomic mass is 28.4. The Hall–Kier alpha value is -3.57. The normalized spacial score (nSPS) is 18.4. The first-order valence-electron chi connectivity index (χ1n) is 17.5. The van der Waals surface area contributed by atoms with Crippen molar-refractivity contribution in [3.05, 3.63) is 47.4 Å². The molecule has 1 atom stereocenters. The van der Waals surface area contributed by atoms with Crippen LogP contribution >= 0.6 is 0 Å². The molecule has 261 valence electrons. The second kappa shape index (κ2) is 15.1. The Kier molecular flexibility index (Phi) is 11.3. The molecule has 2 aromatic heterocycles. The topological polar surface area (TPSA) is 121 Å². The number of carbonyl (C=O) groups is 1. The van der Waals surface area contributed by atoms with E-state index in [9.17, 15) is 10.1 Å². The van der Waals surface area contributed by atoms with Gasteiger partial charge in [0.05, 0.1) is 48.6 Å². The van der Waals surface area contributed by atoms with Crippen LogP contribution in [0, 0.1) is 17.2 Å². The molecule has 3 aromatic rings. The first-order valence-corrected chi connectivity index (χ1v) is 20.4. The molecule has 11 nitrogen and oxygen atoms in total. The van der Waals surface area contributed by atoms with Crippen molar-refractivity contribution >= 4 is 39.2 Å². The number of hydrogen-bond donors (Lipinski definition) is 1. The van der Waals surface area contributed by atoms with Crippen LogP contribution in [0.1, 0.15) is 64.8 Å². The van der Waals surface area contributed by atoms with Gasteiger partial charge >= 0.3 is 7.41 Å². The van der Waals surface area contributed by atoms with Gasteiger partial charge in [0.25, 0.3) is 0 Å². The van der Waals surface area contributed by atoms with Gasteiger partial charge in [-0.15, -0.1) is 0 Å². The van der Waals surface area contributed by atoms with E-state index in [4.69, 9.17) is 19.2 Å². The summed E-state index contributed by atoms with van der Waals surface area (Å²) >= 11 is 0. The lowest BCUT2D eigenvalue weighted by Crippen LogP contribution is -2.46. The van der Waals surface area contributed by atoms with Gasteiger partial charge in [-0.25, -0.2) is 9.97 Å². The molecule has 0 unspecified atom stereocenters. The summed E-state index contributed by atoms with van der Waals surface area (Å²) in [6.07, 6.45) is 6.33. The highest BCUT2D eigenvalue weighted by Crippen LogP contribution is 2.46. The van der Waals surface area contributed by atoms with E-state index in [2.05, 4.69) is 86.7 Å². The minimum absolute atomic E-state index is 0.0529. The van der Waals surface area contributed by atoms with E-state index in [1.165, 1.54) is 7.41 Å². The van der Waals surface area contributed by atoms with Gasteiger partial charge < -0.3 is 24.1 Å². The van der Waals surface area contributed by atoms with E-state index in [-0.39, 0.29) is 5.04 Å². The number of ether oxygens (including phenoxy) is 1. The zero-order chi connectivity index (χ0) is 35.4. The van der Waals surface area contributed by atoms with Crippen LogP contribution in [-0.2, 0) is 32.3 Å². The number of nitrogens with one attached hydrogen (secondary N) is 1. The molecule has 0 amide bonds. The van der Waals surface area contributed by atoms with E-state index in [0.29, 0.717) is 36.3 Å². The Morgan fingerprint density at radius 1 is 1.22 bits per heavy atom. The molecular weight excluding hydrogens is 631 g/mol. The molecule has 1 aromatic carbocycles. The fraction of sp³-hybridized carbons (Fsp3) is 0.583. The molecule has 13 heteroatoms. The molecule has 5 rings (SSSR count). The van der Waals surface area contributed by atoms with E-state index in [0.717, 1.165) is 86.6 Å². The number of nitrogens with zero attached hydrogens (tertiary/aromatic N) is 7. The van der Waals surface area contributed by atoms with Crippen molar-refractivity contribution in [1.29, 1.82) is 5.26 Å². The Morgan fingerprint density at radius 3 is 2.65 bits per heavy atom. The Morgan fingerprint density at radius 2 is 1.98 bits per heavy atom. The summed E-state index contributed by atoms with van der Waals surface area (Å²) in [5, 5.41) is 18.6. The predicted molar refractivity (Wildman–Crippen MR) is 198 cm³/mol. The van der Waals surface area contributed by atoms with Gasteiger partial charge in [-0.1, -0.05) is 41.5 Å². The maximum Gasteiger partial charge on any atom is 0.329 e. The first-order chi connectivity index (χ1) is 23.2. The molecule has 1 fully saturated rings. The summed E-state index contributed by atoms with van der Waals surface area (Å²) in [6, 6.07) is 8.22. The van der Waals surface area contributed by atoms with Crippen LogP contribution in [0.2, 0.25) is 18.1 Å². The minimum Gasteiger partial charge on any atom is -0.416 e. The zero-order valence-corrected chi connectivity index (χ0v) is 31.5. The molecule has 2 aliphatic heterocycles. The number of nitriles is 1. The number of morpholine rings is 1. The second-order valence-electron chi connectivity index (χ2n) is 15.6. The number of benzene rings is 1. The van der Waals surface area contributed by atoms with E-state index >= 15 is 0 Å². The van der Waals surface area contributed by atoms with Gasteiger partial charge in [0.1, 0.15) is 12.3 Å². The molecule has 0 bridgehead atoms. The maximum absolute atomic E-state index is 11.7. The summed E-state index contributed by atoms with van der Waals surface area (Å²) in [4.78, 5) is 25.5. The number of anilines is 3. The first kappa shape index (κ1) is 36.7. The lowest BCUT2D eigenvalue weighted by Gasteiger charge is -2.39. The van der Waals surface area contributed by atoms with Crippen LogP contribution in [0.15, 0.2) is 30.6 Å². The zero-order valence-electron chi connectivity index (χ0n) is 30.5. The molecule has 1 saturated heterocycles. The highest BCUT2D eigenvalue weighted by Gasteiger charge is 2.44. The van der Waals surface area contributed by atoms with Crippen molar-refractivity contribution in [3.8, 4) is 17.3 Å². The van der Waals surface area contributed by atoms with Gasteiger partial charge in [0.2, 0.25) is 5.95 Å². The maximum atomic E-state index is 11.7. The van der Waals surface area contributed by atoms with Crippen molar-refractivity contribution in [1.82, 2.24) is 24.6 Å². The Bertz CT molecular complexity index is 1660. The second-order valence-corrected chi connectivity index (χ2v) is 20.4. The molecule has 2 aliphatic rings. The third kappa shape index (κ3) is 8.43. The Balaban J connectivity index is 1.44. The molecule has 0 aliphatic carbocycles. The van der Waals surface area contributed by atoms with Crippen LogP contribution in [0.3, 0.4) is 0 Å². The van der Waals surface area contributed by atoms with Crippen molar-refractivity contribution < 1.29 is 14.0 Å². The van der Waals surface area contributed by atoms with Crippen LogP contribution in [0.4, 0.5) is 17.3 Å². The third-order valence-corrected chi connectivity index (χ3v) is 14.8. The van der Waals surface area contributed by atoms with Crippen molar-refractivity contribution in [2.45, 2.75) is 84.5 Å². The lowest BCUT2D eigenvalue weighted by atomic mass is 9.83. The quantitative estimate of drug-likeness (QED) is 0.165. The SMILES string of the molecule is CC(C)CCc1c(Nc2nccc(-c3cc(C#N)c4c(c3)[C@@](C)(CO[Si](C)(C)C(C)(C)C)CN4[B]C=O)n2)cnn1CCN1CCOCC1. The summed E-state index contributed by atoms with van der Waals surface area (Å²) in [6.45, 7) is 24.0. The third-order valence-electron chi connectivity index (χ3n) is 10.3. The average Bonchev–Trinajstić information content (AvgIpc) is 3.58. The fourth-order valence-corrected chi connectivity index (χ4v) is 7.33. The monoisotopic (exact) mass is 683 g/mol. The molecule has 1 radical (unpaired) electrons. The van der Waals surface area contributed by atoms with Crippen LogP contribution < -0.4 is 10.1 Å². The highest BCUT2D eigenvalue weighted by molar-refractivity contribution is 6.74. The minimum atomic E-state index is -2.06. The van der Waals surface area contributed by atoms with Crippen molar-refractivity contribution in [3.63, 3.8) is 0 Å². The molecule has 0 saturated carbocycles. The number of aromatic nitrogens is 4. The molecule has 49 heavy (non-hydrogen) atoms. The van der Waals surface area contributed by atoms with Crippen molar-refractivity contribution in [2.24, 2.45) is 5.92 Å². The summed E-state index contributed by atoms with van der Waals surface area (Å²) in [5.41, 5.74) is 5.34. The summed E-state index contributed by atoms with van der Waals surface area (Å²) < 4.78 is 14.4. The number of fused-ring (bicyclic) bond motifs is 1. The van der Waals surface area contributed by atoms with Gasteiger partial charge in [0.15, 0.2) is 8.32 Å². The summed E-state index contributed by atoms with van der Waals surface area (Å²) in [7, 11) is -0.546. The van der Waals surface area contributed by atoms with Gasteiger partial charge in [-0.2, -0.15) is 10.4 Å². The standard InChI is InChI=1S/C36H52BN8O3Si/c1-26(2)9-10-32-31(22-40-45(32)14-13-43-15-17-47-18-16-43)42-34-39-12-11-30(41-34)27-19-28(21-38)33-29(20-27)36(6,23-44(33)37-25-46)24-48-49(7,8)35(3,4)5/h11-12,19-20,22,25-26H,9-10,13-18,23-24H2,1-8H3,(H,39,41,42)/t36-/m1/s1. The van der Waals surface area contributed by atoms with Gasteiger partial charge in [0, 0.05) is 55.6 Å². The van der Waals surface area contributed by atoms with E-state index in [1.54, 1.807) is 6.20 Å². The van der Waals surface area contributed by atoms with Crippen LogP contribution in [0.5, 0.6) is 0 Å². The average molecular weight is 684 g/mol. The fourth-order valence-electron chi connectivity index (χ4n) is 6.22. The Labute approximate surface area is 293 Å². The molecular formula is C36H52BN8O3Si. The van der Waals surface area contributed by atoms with Gasteiger partial charge in [-0.3, -0.25) is 9.58 Å². The van der Waals surface area contributed by atoms with Crippen molar-refractivity contribution in [2.75, 3.05) is 56.1 Å². The van der Waals surface area contributed by atoms with Crippen LogP contribution in [-0.4, -0.2) is 92.6 Å². The largest absolute Gasteiger partial charge is 0.416 e. The molecule has 1 N–H and O–H groups in total. The summed E-state index contributed by atoms with van der Waals surface area (Å²) in [5.74, 6) is 1.03. The van der Waals surface area contributed by atoms with E-state index < -0.39 is 13.7 Å². The smallest absolute Gasteiger partial charge is 0.329 e. The number of rotatable bonds is 14. The molecule has 4 heterocycles. The number of carbonyl (C=O) groups excluding carboxylic acids is 1. The number of hydrogen-bond acceptors (Lipinski definition) is 10.